The molecule has 8 aromatic carbocycles. The van der Waals surface area contributed by atoms with Crippen LogP contribution >= 0.6 is 22.7 Å². The Morgan fingerprint density at radius 1 is 0.480 bits per heavy atom. The van der Waals surface area contributed by atoms with Gasteiger partial charge >= 0.3 is 23.9 Å². The van der Waals surface area contributed by atoms with E-state index >= 15 is 0 Å². The smallest absolute Gasteiger partial charge is 0.335 e. The minimum Gasteiger partial charge on any atom is -0.495 e. The van der Waals surface area contributed by atoms with Crippen LogP contribution in [0.25, 0.3) is 37.7 Å². The Labute approximate surface area is 716 Å². The summed E-state index contributed by atoms with van der Waals surface area (Å²) < 4.78 is 187. The molecule has 0 spiro atoms. The Balaban J connectivity index is 0.000000160. The maximum atomic E-state index is 13.6. The molecule has 0 atom stereocenters. The summed E-state index contributed by atoms with van der Waals surface area (Å²) in [5.41, 5.74) is 11.7. The number of hydrogen-bond acceptors (Lipinski definition) is 22. The number of halogens is 2. The lowest BCUT2D eigenvalue weighted by Crippen LogP contribution is -2.14. The van der Waals surface area contributed by atoms with Crippen molar-refractivity contribution in [2.24, 2.45) is 5.73 Å². The van der Waals surface area contributed by atoms with E-state index < -0.39 is 117 Å². The van der Waals surface area contributed by atoms with Crippen LogP contribution in [-0.4, -0.2) is 125 Å². The molecular weight excluding hydrogens is 1750 g/mol. The Morgan fingerprint density at radius 2 is 0.919 bits per heavy atom. The van der Waals surface area contributed by atoms with Crippen LogP contribution in [0.5, 0.6) is 5.75 Å². The highest BCUT2D eigenvalue weighted by Gasteiger charge is 2.35. The van der Waals surface area contributed by atoms with E-state index in [2.05, 4.69) is 4.98 Å². The summed E-state index contributed by atoms with van der Waals surface area (Å²) in [6.45, 7) is 3.73. The fourth-order valence-corrected chi connectivity index (χ4v) is 23.3. The molecular formula is C88H77F2N3O22S8. The third-order valence-electron chi connectivity index (χ3n) is 20.0. The van der Waals surface area contributed by atoms with Crippen LogP contribution in [0, 0.1) is 23.4 Å². The predicted molar refractivity (Wildman–Crippen MR) is 459 cm³/mol. The van der Waals surface area contributed by atoms with Gasteiger partial charge in [-0.1, -0.05) is 61.5 Å². The van der Waals surface area contributed by atoms with Gasteiger partial charge in [0.15, 0.2) is 64.2 Å². The minimum atomic E-state index is -4.17. The van der Waals surface area contributed by atoms with E-state index in [-0.39, 0.29) is 92.6 Å². The first kappa shape index (κ1) is 91.7. The van der Waals surface area contributed by atoms with Crippen molar-refractivity contribution in [3.05, 3.63) is 300 Å². The number of ether oxygens (including phenoxy) is 1. The summed E-state index contributed by atoms with van der Waals surface area (Å²) in [5.74, 6) is -7.65. The molecule has 3 heterocycles. The number of carbonyl (C=O) groups is 5. The van der Waals surface area contributed by atoms with E-state index in [9.17, 15) is 109 Å². The van der Waals surface area contributed by atoms with E-state index in [1.165, 1.54) is 140 Å². The molecule has 638 valence electrons. The lowest BCUT2D eigenvalue weighted by Gasteiger charge is -2.15. The van der Waals surface area contributed by atoms with Crippen LogP contribution in [0.2, 0.25) is 0 Å². The molecule has 25 nitrogen and oxygen atoms in total. The summed E-state index contributed by atoms with van der Waals surface area (Å²) in [5, 5.41) is 45.9. The number of carboxylic acids is 4. The molecule has 0 aliphatic heterocycles. The van der Waals surface area contributed by atoms with E-state index in [0.717, 1.165) is 65.4 Å². The molecule has 0 bridgehead atoms. The Hall–Kier alpha value is -12.0. The fourth-order valence-electron chi connectivity index (χ4n) is 13.6. The quantitative estimate of drug-likeness (QED) is 0.0319. The summed E-state index contributed by atoms with van der Waals surface area (Å²) in [6.07, 6.45) is 10.5. The van der Waals surface area contributed by atoms with Crippen molar-refractivity contribution >= 4 is 117 Å². The number of carbonyl (C=O) groups excluding carboxylic acids is 1. The number of hydrogen-bond donors (Lipinski definition) is 5. The molecule has 3 aliphatic carbocycles. The number of carboxylic acid groups (broad SMARTS) is 4. The van der Waals surface area contributed by atoms with Gasteiger partial charge in [0.2, 0.25) is 5.91 Å². The Morgan fingerprint density at radius 3 is 1.34 bits per heavy atom. The monoisotopic (exact) mass is 1820 g/mol. The number of amides is 1. The first-order chi connectivity index (χ1) is 57.9. The van der Waals surface area contributed by atoms with Gasteiger partial charge in [-0.3, -0.25) is 9.78 Å². The van der Waals surface area contributed by atoms with Crippen molar-refractivity contribution in [3.63, 3.8) is 0 Å². The van der Waals surface area contributed by atoms with Crippen LogP contribution in [-0.2, 0) is 88.5 Å². The second-order valence-corrected chi connectivity index (χ2v) is 43.2. The Kier molecular flexibility index (Phi) is 27.9. The lowest BCUT2D eigenvalue weighted by molar-refractivity contribution is 0.0685. The number of benzene rings is 8. The van der Waals surface area contributed by atoms with E-state index in [0.29, 0.717) is 83.8 Å². The van der Waals surface area contributed by atoms with E-state index in [4.69, 9.17) is 10.5 Å². The van der Waals surface area contributed by atoms with Gasteiger partial charge in [-0.05, 0) is 258 Å². The van der Waals surface area contributed by atoms with Gasteiger partial charge in [0.1, 0.15) is 16.5 Å². The largest absolute Gasteiger partial charge is 0.495 e. The molecule has 0 unspecified atom stereocenters. The van der Waals surface area contributed by atoms with Gasteiger partial charge in [-0.15, -0.1) is 22.7 Å². The van der Waals surface area contributed by atoms with Crippen LogP contribution < -0.4 is 10.5 Å². The zero-order valence-corrected chi connectivity index (χ0v) is 72.5. The normalized spacial score (nSPS) is 13.4. The van der Waals surface area contributed by atoms with Crippen molar-refractivity contribution in [2.75, 3.05) is 19.6 Å². The van der Waals surface area contributed by atoms with Crippen molar-refractivity contribution in [2.45, 2.75) is 117 Å². The summed E-state index contributed by atoms with van der Waals surface area (Å²) in [4.78, 5) is 63.3. The summed E-state index contributed by atoms with van der Waals surface area (Å²) in [7, 11) is -21.9. The number of aromatic carboxylic acids is 4. The fraction of sp³-hybridized carbons (Fsp3) is 0.193. The zero-order chi connectivity index (χ0) is 89.6. The van der Waals surface area contributed by atoms with Gasteiger partial charge in [0, 0.05) is 50.9 Å². The highest BCUT2D eigenvalue weighted by atomic mass is 32.2. The van der Waals surface area contributed by atoms with E-state index in [1.54, 1.807) is 73.8 Å². The average molecular weight is 1820 g/mol. The number of thiophene rings is 2. The average Bonchev–Trinajstić information content (AvgIpc) is 1.70. The van der Waals surface area contributed by atoms with Crippen LogP contribution in [0.15, 0.2) is 242 Å². The molecule has 35 heteroatoms. The number of nitriles is 1. The standard InChI is InChI=1S/C23H18FNO4S.C23H22O6S3.C22H20N2O5S.C20H17FO7S3/c24-19-6-4-16(10-19)20-7-1-14(12-25)9-18(20)13-30(28,29)22-11-17(23(26)27)5-8-21(22)15-2-3-15;1-14-3-10-21(30-14)19-9-7-18(31(2,26)27)11-17(19)13-32(28,29)22-12-16(23(24)25)6-8-20(22)15-4-5-15;1-2-14-6-7-16(22(26)27)12-20(14)30(28,29)13-17-11-15(21(23)25)8-9-18(17)19-5-3-4-10-24-19;1-28-16-6-3-12(20(22)23)10-18(16)31(26,27)11-13-9-14(30(2,24)25)4-5-15(13)17-7-8-19(21)29-17/h1,4-9,11,15H,2-3,10,13H2,(H,26,27);3,6-12,15H,4-5,13H2,1-2H3,(H,24,25);3-12H,2,13H2,1H3,(H2,23,25)(H,26,27);3-10H,11H2,1-2H3,(H,22,23). The minimum absolute atomic E-state index is 0.0120. The number of allylic oxidation sites excluding steroid dienone is 4. The summed E-state index contributed by atoms with van der Waals surface area (Å²) in [6, 6.07) is 47.5. The van der Waals surface area contributed by atoms with Crippen molar-refractivity contribution < 1.29 is 108 Å². The molecule has 11 aromatic rings. The second-order valence-electron chi connectivity index (χ2n) is 29.0. The highest BCUT2D eigenvalue weighted by Crippen LogP contribution is 2.47. The number of nitrogens with zero attached hydrogens (tertiary/aromatic N) is 2. The van der Waals surface area contributed by atoms with Crippen LogP contribution in [0.4, 0.5) is 8.78 Å². The zero-order valence-electron chi connectivity index (χ0n) is 66.0. The second kappa shape index (κ2) is 37.4. The molecule has 14 rings (SSSR count). The van der Waals surface area contributed by atoms with Gasteiger partial charge in [0.25, 0.3) is 0 Å². The number of nitrogens with two attached hydrogens (primary N) is 1. The topological polar surface area (TPSA) is 443 Å². The SMILES string of the molecule is CCc1ccc(C(=O)O)cc1S(=O)(=O)Cc1cc(C(N)=O)ccc1-c1ccccn1.COc1ccc(C(=O)O)cc1S(=O)(=O)Cc1cc(S(C)(=O)=O)ccc1-c1ccc(F)s1.Cc1ccc(-c2ccc(S(C)(=O)=O)cc2CS(=O)(=O)c2cc(C(=O)O)ccc2C2CC2)s1.N#Cc1ccc(C2=CC=C(F)C2)c(CS(=O)(=O)c2cc(C(=O)O)ccc2C2CC2)c1. The molecule has 3 aliphatic rings. The van der Waals surface area contributed by atoms with Gasteiger partial charge in [0.05, 0.1) is 94.2 Å². The molecule has 6 N–H and O–H groups in total. The number of pyridine rings is 1. The molecule has 2 saturated carbocycles. The maximum Gasteiger partial charge on any atom is 0.335 e. The maximum absolute atomic E-state index is 13.6. The Bertz CT molecular complexity index is 6950. The third-order valence-corrected chi connectivity index (χ3v) is 31.0. The van der Waals surface area contributed by atoms with Gasteiger partial charge in [-0.2, -0.15) is 9.65 Å². The number of rotatable bonds is 27. The van der Waals surface area contributed by atoms with Gasteiger partial charge < -0.3 is 30.9 Å². The molecule has 0 saturated heterocycles. The first-order valence-electron chi connectivity index (χ1n) is 37.2. The predicted octanol–water partition coefficient (Wildman–Crippen LogP) is 16.1. The highest BCUT2D eigenvalue weighted by molar-refractivity contribution is 7.92. The van der Waals surface area contributed by atoms with Crippen LogP contribution in [0.1, 0.15) is 158 Å². The third kappa shape index (κ3) is 22.5. The van der Waals surface area contributed by atoms with Crippen molar-refractivity contribution in [1.29, 1.82) is 5.26 Å². The molecule has 0 radical (unpaired) electrons. The number of aryl methyl sites for hydroxylation is 2. The van der Waals surface area contributed by atoms with Crippen molar-refractivity contribution in [1.82, 2.24) is 4.98 Å². The number of methoxy groups -OCH3 is 1. The number of sulfone groups is 6. The molecule has 123 heavy (non-hydrogen) atoms. The molecule has 2 fully saturated rings. The molecule has 1 amide bonds. The first-order valence-corrected chi connectivity index (χ1v) is 49.3. The van der Waals surface area contributed by atoms with Crippen molar-refractivity contribution in [3.8, 4) is 44.0 Å². The summed E-state index contributed by atoms with van der Waals surface area (Å²) >= 11 is 2.28. The number of aromatic nitrogens is 1. The van der Waals surface area contributed by atoms with E-state index in [1.807, 2.05) is 25.1 Å². The van der Waals surface area contributed by atoms with Crippen LogP contribution in [0.3, 0.4) is 0 Å². The lowest BCUT2D eigenvalue weighted by atomic mass is 9.98. The van der Waals surface area contributed by atoms with Gasteiger partial charge in [-0.25, -0.2) is 74.1 Å². The number of primary amides is 1. The molecule has 3 aromatic heterocycles.